The molecule has 6 amide bonds. The van der Waals surface area contributed by atoms with Gasteiger partial charge in [0.15, 0.2) is 0 Å². The van der Waals surface area contributed by atoms with Gasteiger partial charge in [-0.15, -0.1) is 0 Å². The third-order valence-electron chi connectivity index (χ3n) is 11.4. The number of primary amides is 3. The number of imidazole rings is 2. The molecule has 6 aromatic rings. The van der Waals surface area contributed by atoms with E-state index in [4.69, 9.17) is 50.9 Å². The van der Waals surface area contributed by atoms with Crippen LogP contribution in [0.2, 0.25) is 0 Å². The number of rotatable bonds is 32. The number of ether oxygens (including phenoxy) is 5. The van der Waals surface area contributed by atoms with Crippen LogP contribution in [0.5, 0.6) is 0 Å². The normalized spacial score (nSPS) is 11.5. The lowest BCUT2D eigenvalue weighted by Gasteiger charge is -2.20. The largest absolute Gasteiger partial charge is 0.379 e. The van der Waals surface area contributed by atoms with Crippen molar-refractivity contribution in [2.75, 3.05) is 76.6 Å². The van der Waals surface area contributed by atoms with E-state index in [0.717, 1.165) is 0 Å². The van der Waals surface area contributed by atoms with Crippen LogP contribution in [0.3, 0.4) is 0 Å². The standard InChI is InChI=1S/C48H64N14O11/c1-5-61-39(25-30(3)57-61)45(67)55-47-53-35-27-32(43(50)65)7-9-37(35)59(47)15-11-34(73-29-42(64)52-14-18-70-20-22-72-24-23-71-21-19-69-17-13-41(49)63)12-16-60-38-10-8-33(44(51)66)28-36(38)54-48(60)56-46(68)40-26-31(4)58-62(40)6-2/h7-10,25-28,34H,5-6,11-24,29H2,1-4H3,(H2,49,63)(H2,50,65)(H2,51,66)(H,52,64)(H,53,55,67)(H,54,56,68). The SMILES string of the molecule is CCn1nc(C)cc1C(=O)Nc1nc2cc(C(N)=O)ccc2n1CCC(CCn1c(NC(=O)c2cc(C)nn2CC)nc2cc(C(N)=O)ccc21)OCC(=O)NCCOCCOCCOCCOCCC(N)=O. The van der Waals surface area contributed by atoms with Crippen molar-refractivity contribution in [3.63, 3.8) is 0 Å². The first-order chi connectivity index (χ1) is 35.1. The van der Waals surface area contributed by atoms with E-state index in [1.165, 1.54) is 0 Å². The lowest BCUT2D eigenvalue weighted by molar-refractivity contribution is -0.128. The van der Waals surface area contributed by atoms with E-state index in [1.807, 2.05) is 13.8 Å². The second kappa shape index (κ2) is 26.7. The van der Waals surface area contributed by atoms with E-state index in [2.05, 4.69) is 26.1 Å². The Kier molecular flexibility index (Phi) is 20.1. The summed E-state index contributed by atoms with van der Waals surface area (Å²) >= 11 is 0. The molecule has 73 heavy (non-hydrogen) atoms. The molecule has 0 aliphatic rings. The molecule has 0 spiro atoms. The molecule has 0 atom stereocenters. The van der Waals surface area contributed by atoms with Gasteiger partial charge >= 0.3 is 0 Å². The molecule has 2 aromatic carbocycles. The maximum absolute atomic E-state index is 13.7. The number of benzene rings is 2. The predicted octanol–water partition coefficient (Wildman–Crippen LogP) is 2.06. The van der Waals surface area contributed by atoms with Gasteiger partial charge in [-0.25, -0.2) is 9.97 Å². The first kappa shape index (κ1) is 54.7. The minimum atomic E-state index is -0.645. The highest BCUT2D eigenvalue weighted by Crippen LogP contribution is 2.26. The van der Waals surface area contributed by atoms with Crippen LogP contribution in [-0.2, 0) is 59.5 Å². The summed E-state index contributed by atoms with van der Waals surface area (Å²) in [5.41, 5.74) is 20.8. The molecule has 25 nitrogen and oxygen atoms in total. The first-order valence-corrected chi connectivity index (χ1v) is 23.9. The maximum Gasteiger partial charge on any atom is 0.276 e. The Morgan fingerprint density at radius 2 is 1.04 bits per heavy atom. The number of anilines is 2. The molecule has 392 valence electrons. The molecule has 0 bridgehead atoms. The second-order valence-electron chi connectivity index (χ2n) is 16.7. The lowest BCUT2D eigenvalue weighted by Crippen LogP contribution is -2.33. The van der Waals surface area contributed by atoms with Crippen molar-refractivity contribution >= 4 is 69.4 Å². The fourth-order valence-corrected chi connectivity index (χ4v) is 7.78. The Balaban J connectivity index is 1.16. The smallest absolute Gasteiger partial charge is 0.276 e. The first-order valence-electron chi connectivity index (χ1n) is 23.9. The van der Waals surface area contributed by atoms with Crippen molar-refractivity contribution in [2.24, 2.45) is 17.2 Å². The highest BCUT2D eigenvalue weighted by Gasteiger charge is 2.23. The van der Waals surface area contributed by atoms with Gasteiger partial charge in [-0.3, -0.25) is 48.8 Å². The number of hydrogen-bond donors (Lipinski definition) is 6. The van der Waals surface area contributed by atoms with Gasteiger partial charge in [-0.2, -0.15) is 10.2 Å². The van der Waals surface area contributed by atoms with Gasteiger partial charge in [0.1, 0.15) is 18.0 Å². The summed E-state index contributed by atoms with van der Waals surface area (Å²) in [7, 11) is 0. The highest BCUT2D eigenvalue weighted by atomic mass is 16.6. The van der Waals surface area contributed by atoms with Crippen LogP contribution in [-0.4, -0.2) is 146 Å². The topological polar surface area (TPSA) is 334 Å². The molecular weight excluding hydrogens is 949 g/mol. The van der Waals surface area contributed by atoms with Crippen LogP contribution in [0, 0.1) is 13.8 Å². The van der Waals surface area contributed by atoms with Crippen LogP contribution in [0.4, 0.5) is 11.9 Å². The van der Waals surface area contributed by atoms with Gasteiger partial charge in [0.05, 0.1) is 92.4 Å². The molecule has 0 aliphatic carbocycles. The second-order valence-corrected chi connectivity index (χ2v) is 16.7. The van der Waals surface area contributed by atoms with Crippen LogP contribution in [0.15, 0.2) is 48.5 Å². The number of fused-ring (bicyclic) bond motifs is 2. The third-order valence-corrected chi connectivity index (χ3v) is 11.4. The van der Waals surface area contributed by atoms with Crippen molar-refractivity contribution in [1.82, 2.24) is 44.0 Å². The van der Waals surface area contributed by atoms with Crippen molar-refractivity contribution in [3.8, 4) is 0 Å². The quantitative estimate of drug-likeness (QED) is 0.0330. The number of aromatic nitrogens is 8. The number of carbonyl (C=O) groups excluding carboxylic acids is 6. The van der Waals surface area contributed by atoms with Gasteiger partial charge in [0, 0.05) is 50.3 Å². The molecular formula is C48H64N14O11. The predicted molar refractivity (Wildman–Crippen MR) is 267 cm³/mol. The fraction of sp³-hybridized carbons (Fsp3) is 0.458. The van der Waals surface area contributed by atoms with E-state index in [9.17, 15) is 28.8 Å². The monoisotopic (exact) mass is 1010 g/mol. The van der Waals surface area contributed by atoms with Crippen molar-refractivity contribution in [3.05, 3.63) is 82.4 Å². The van der Waals surface area contributed by atoms with Crippen LogP contribution < -0.4 is 33.2 Å². The van der Waals surface area contributed by atoms with Gasteiger partial charge in [-0.05, 0) is 89.1 Å². The van der Waals surface area contributed by atoms with Gasteiger partial charge in [0.2, 0.25) is 35.5 Å². The molecule has 0 saturated heterocycles. The maximum atomic E-state index is 13.7. The van der Waals surface area contributed by atoms with Crippen molar-refractivity contribution in [2.45, 2.75) is 79.2 Å². The molecule has 9 N–H and O–H groups in total. The molecule has 0 saturated carbocycles. The lowest BCUT2D eigenvalue weighted by atomic mass is 10.1. The molecule has 4 heterocycles. The van der Waals surface area contributed by atoms with Gasteiger partial charge in [0.25, 0.3) is 11.8 Å². The van der Waals surface area contributed by atoms with Crippen molar-refractivity contribution < 1.29 is 52.5 Å². The van der Waals surface area contributed by atoms with Crippen LogP contribution >= 0.6 is 0 Å². The third kappa shape index (κ3) is 15.5. The zero-order chi connectivity index (χ0) is 52.4. The van der Waals surface area contributed by atoms with E-state index in [1.54, 1.807) is 80.9 Å². The molecule has 0 fully saturated rings. The number of aryl methyl sites for hydroxylation is 6. The summed E-state index contributed by atoms with van der Waals surface area (Å²) in [6.07, 6.45) is 0.0752. The molecule has 0 aliphatic heterocycles. The minimum absolute atomic E-state index is 0.158. The van der Waals surface area contributed by atoms with E-state index in [-0.39, 0.29) is 81.7 Å². The number of nitrogens with zero attached hydrogens (tertiary/aromatic N) is 8. The summed E-state index contributed by atoms with van der Waals surface area (Å²) in [6.45, 7) is 11.0. The average molecular weight is 1010 g/mol. The summed E-state index contributed by atoms with van der Waals surface area (Å²) in [5, 5.41) is 17.5. The zero-order valence-corrected chi connectivity index (χ0v) is 41.5. The van der Waals surface area contributed by atoms with Gasteiger partial charge in [-0.1, -0.05) is 0 Å². The molecule has 0 unspecified atom stereocenters. The van der Waals surface area contributed by atoms with E-state index < -0.39 is 41.5 Å². The number of nitrogens with two attached hydrogens (primary N) is 3. The van der Waals surface area contributed by atoms with Crippen molar-refractivity contribution in [1.29, 1.82) is 0 Å². The summed E-state index contributed by atoms with van der Waals surface area (Å²) in [4.78, 5) is 85.3. The minimum Gasteiger partial charge on any atom is -0.379 e. The number of nitrogens with one attached hydrogen (secondary N) is 3. The van der Waals surface area contributed by atoms with E-state index in [0.29, 0.717) is 97.6 Å². The fourth-order valence-electron chi connectivity index (χ4n) is 7.78. The Bertz CT molecular complexity index is 2720. The van der Waals surface area contributed by atoms with Crippen LogP contribution in [0.25, 0.3) is 22.1 Å². The summed E-state index contributed by atoms with van der Waals surface area (Å²) in [6, 6.07) is 13.0. The molecule has 25 heteroatoms. The molecule has 6 rings (SSSR count). The Morgan fingerprint density at radius 3 is 1.47 bits per heavy atom. The Hall–Kier alpha value is -7.58. The zero-order valence-electron chi connectivity index (χ0n) is 41.5. The Labute approximate surface area is 420 Å². The van der Waals surface area contributed by atoms with Crippen LogP contribution in [0.1, 0.15) is 86.2 Å². The average Bonchev–Trinajstić information content (AvgIpc) is 4.13. The summed E-state index contributed by atoms with van der Waals surface area (Å²) < 4.78 is 34.9. The number of hydrogen-bond acceptors (Lipinski definition) is 15. The van der Waals surface area contributed by atoms with E-state index >= 15 is 0 Å². The molecule has 0 radical (unpaired) electrons. The van der Waals surface area contributed by atoms with Gasteiger partial charge < -0.3 is 55.3 Å². The Morgan fingerprint density at radius 1 is 0.603 bits per heavy atom. The number of carbonyl (C=O) groups is 6. The highest BCUT2D eigenvalue weighted by molar-refractivity contribution is 6.04. The number of amides is 6. The molecule has 4 aromatic heterocycles. The summed E-state index contributed by atoms with van der Waals surface area (Å²) in [5.74, 6) is -2.62.